The van der Waals surface area contributed by atoms with Crippen LogP contribution in [0.25, 0.3) is 0 Å². The number of hydrogen-bond donors (Lipinski definition) is 1. The first kappa shape index (κ1) is 24.4. The molecule has 5 nitrogen and oxygen atoms in total. The van der Waals surface area contributed by atoms with Gasteiger partial charge >= 0.3 is 0 Å². The fourth-order valence-electron chi connectivity index (χ4n) is 4.06. The van der Waals surface area contributed by atoms with Crippen molar-refractivity contribution in [2.45, 2.75) is 115 Å². The molecule has 1 aliphatic heterocycles. The number of unbranched alkanes of at least 4 members (excludes halogenated alkanes) is 12. The largest absolute Gasteiger partial charge is 0.380 e. The van der Waals surface area contributed by atoms with Crippen molar-refractivity contribution in [1.29, 1.82) is 0 Å². The first-order valence-corrected chi connectivity index (χ1v) is 11.4. The van der Waals surface area contributed by atoms with Gasteiger partial charge in [0.1, 0.15) is 0 Å². The topological polar surface area (TPSA) is 64.8 Å². The molecule has 1 rings (SSSR count). The number of amides is 1. The molecule has 0 aliphatic carbocycles. The maximum atomic E-state index is 12.5. The number of hydrogen-bond acceptors (Lipinski definition) is 4. The van der Waals surface area contributed by atoms with Gasteiger partial charge in [-0.3, -0.25) is 4.79 Å². The Bertz CT molecular complexity index is 365. The second kappa shape index (κ2) is 16.3. The van der Waals surface area contributed by atoms with Crippen LogP contribution >= 0.6 is 0 Å². The molecule has 1 aliphatic rings. The molecule has 0 saturated carbocycles. The van der Waals surface area contributed by atoms with Crippen molar-refractivity contribution in [2.75, 3.05) is 20.3 Å². The molecule has 0 aromatic heterocycles. The quantitative estimate of drug-likeness (QED) is 0.284. The highest BCUT2D eigenvalue weighted by molar-refractivity contribution is 5.76. The monoisotopic (exact) mass is 384 g/mol. The van der Waals surface area contributed by atoms with Gasteiger partial charge in [-0.1, -0.05) is 84.0 Å². The van der Waals surface area contributed by atoms with Gasteiger partial charge in [0.05, 0.1) is 18.8 Å². The highest BCUT2D eigenvalue weighted by Gasteiger charge is 2.34. The van der Waals surface area contributed by atoms with E-state index in [-0.39, 0.29) is 18.1 Å². The van der Waals surface area contributed by atoms with Gasteiger partial charge in [-0.25, -0.2) is 5.90 Å². The molecule has 2 atom stereocenters. The molecular weight excluding hydrogens is 340 g/mol. The number of ether oxygens (including phenoxy) is 1. The Labute approximate surface area is 167 Å². The maximum absolute atomic E-state index is 12.5. The lowest BCUT2D eigenvalue weighted by atomic mass is 10.0. The molecule has 2 N–H and O–H groups in total. The number of methoxy groups -OCH3 is 1. The smallest absolute Gasteiger partial charge is 0.222 e. The Kier molecular flexibility index (Phi) is 14.7. The average Bonchev–Trinajstić information content (AvgIpc) is 3.09. The number of rotatable bonds is 17. The highest BCUT2D eigenvalue weighted by Crippen LogP contribution is 2.22. The minimum absolute atomic E-state index is 0.0643. The van der Waals surface area contributed by atoms with Crippen molar-refractivity contribution in [1.82, 2.24) is 4.90 Å². The normalized spacial score (nSPS) is 19.7. The molecule has 0 radical (unpaired) electrons. The van der Waals surface area contributed by atoms with Crippen LogP contribution in [0.5, 0.6) is 0 Å². The summed E-state index contributed by atoms with van der Waals surface area (Å²) in [4.78, 5) is 19.1. The van der Waals surface area contributed by atoms with Crippen LogP contribution in [0.3, 0.4) is 0 Å². The molecule has 160 valence electrons. The average molecular weight is 385 g/mol. The minimum Gasteiger partial charge on any atom is -0.380 e. The third-order valence-electron chi connectivity index (χ3n) is 5.81. The van der Waals surface area contributed by atoms with Gasteiger partial charge in [-0.15, -0.1) is 0 Å². The summed E-state index contributed by atoms with van der Waals surface area (Å²) in [7, 11) is 1.70. The Morgan fingerprint density at radius 3 is 1.93 bits per heavy atom. The molecule has 5 heteroatoms. The van der Waals surface area contributed by atoms with Crippen molar-refractivity contribution < 1.29 is 14.4 Å². The maximum Gasteiger partial charge on any atom is 0.222 e. The van der Waals surface area contributed by atoms with Crippen LogP contribution in [0.2, 0.25) is 0 Å². The lowest BCUT2D eigenvalue weighted by Gasteiger charge is -2.23. The van der Waals surface area contributed by atoms with E-state index in [0.29, 0.717) is 19.6 Å². The van der Waals surface area contributed by atoms with E-state index in [1.807, 2.05) is 4.90 Å². The van der Waals surface area contributed by atoms with Gasteiger partial charge in [0, 0.05) is 20.1 Å². The summed E-state index contributed by atoms with van der Waals surface area (Å²) >= 11 is 0. The number of carbonyl (C=O) groups is 1. The van der Waals surface area contributed by atoms with Gasteiger partial charge in [-0.05, 0) is 12.8 Å². The van der Waals surface area contributed by atoms with Gasteiger partial charge in [0.15, 0.2) is 0 Å². The zero-order valence-corrected chi connectivity index (χ0v) is 17.9. The van der Waals surface area contributed by atoms with E-state index >= 15 is 0 Å². The Balaban J connectivity index is 1.96. The molecule has 1 fully saturated rings. The fraction of sp³-hybridized carbons (Fsp3) is 0.955. The van der Waals surface area contributed by atoms with Gasteiger partial charge in [0.2, 0.25) is 5.91 Å². The number of nitrogens with two attached hydrogens (primary N) is 1. The van der Waals surface area contributed by atoms with E-state index in [2.05, 4.69) is 6.92 Å². The van der Waals surface area contributed by atoms with Crippen molar-refractivity contribution in [2.24, 2.45) is 5.90 Å². The summed E-state index contributed by atoms with van der Waals surface area (Å²) < 4.78 is 5.40. The molecule has 0 spiro atoms. The number of carbonyl (C=O) groups excluding carboxylic acids is 1. The number of likely N-dealkylation sites (tertiary alicyclic amines) is 1. The summed E-state index contributed by atoms with van der Waals surface area (Å²) in [6.45, 7) is 3.33. The summed E-state index contributed by atoms with van der Waals surface area (Å²) in [5.74, 6) is 5.43. The molecule has 0 aromatic carbocycles. The van der Waals surface area contributed by atoms with E-state index in [4.69, 9.17) is 15.5 Å². The Morgan fingerprint density at radius 1 is 0.926 bits per heavy atom. The van der Waals surface area contributed by atoms with Crippen molar-refractivity contribution in [3.05, 3.63) is 0 Å². The van der Waals surface area contributed by atoms with Gasteiger partial charge in [0.25, 0.3) is 0 Å². The zero-order valence-electron chi connectivity index (χ0n) is 17.9. The Hall–Kier alpha value is -0.650. The molecule has 0 aromatic rings. The number of nitrogens with zero attached hydrogens (tertiary/aromatic N) is 1. The van der Waals surface area contributed by atoms with Crippen LogP contribution in [0, 0.1) is 0 Å². The summed E-state index contributed by atoms with van der Waals surface area (Å²) in [5, 5.41) is 0. The van der Waals surface area contributed by atoms with E-state index in [0.717, 1.165) is 19.3 Å². The van der Waals surface area contributed by atoms with E-state index in [1.54, 1.807) is 7.11 Å². The predicted octanol–water partition coefficient (Wildman–Crippen LogP) is 4.97. The molecule has 0 bridgehead atoms. The third-order valence-corrected chi connectivity index (χ3v) is 5.81. The van der Waals surface area contributed by atoms with E-state index in [1.165, 1.54) is 70.6 Å². The van der Waals surface area contributed by atoms with Crippen LogP contribution in [-0.2, 0) is 14.4 Å². The first-order chi connectivity index (χ1) is 13.2. The zero-order chi connectivity index (χ0) is 19.7. The molecule has 27 heavy (non-hydrogen) atoms. The van der Waals surface area contributed by atoms with Crippen molar-refractivity contribution in [3.8, 4) is 0 Å². The van der Waals surface area contributed by atoms with E-state index in [9.17, 15) is 4.79 Å². The lowest BCUT2D eigenvalue weighted by Crippen LogP contribution is -2.39. The minimum atomic E-state index is 0.0643. The van der Waals surface area contributed by atoms with Crippen molar-refractivity contribution >= 4 is 5.91 Å². The van der Waals surface area contributed by atoms with E-state index < -0.39 is 0 Å². The van der Waals surface area contributed by atoms with Crippen LogP contribution < -0.4 is 5.90 Å². The standard InChI is InChI=1S/C22H44N2O3/c1-3-4-5-6-7-8-9-10-11-12-13-14-15-16-22(25)24-18-21(26-2)17-20(24)19-27-23/h20-21H,3-19,23H2,1-2H3/t20-,21+/m0/s1. The van der Waals surface area contributed by atoms with Crippen LogP contribution in [-0.4, -0.2) is 43.2 Å². The first-order valence-electron chi connectivity index (χ1n) is 11.4. The summed E-state index contributed by atoms with van der Waals surface area (Å²) in [6, 6.07) is 0.0643. The SMILES string of the molecule is CCCCCCCCCCCCCCCC(=O)N1C[C@H](OC)C[C@H]1CON. The fourth-order valence-corrected chi connectivity index (χ4v) is 4.06. The molecule has 0 unspecified atom stereocenters. The molecule has 1 heterocycles. The lowest BCUT2D eigenvalue weighted by molar-refractivity contribution is -0.133. The van der Waals surface area contributed by atoms with Gasteiger partial charge < -0.3 is 14.5 Å². The molecule has 1 amide bonds. The second-order valence-corrected chi connectivity index (χ2v) is 8.12. The Morgan fingerprint density at radius 2 is 1.44 bits per heavy atom. The second-order valence-electron chi connectivity index (χ2n) is 8.12. The predicted molar refractivity (Wildman–Crippen MR) is 111 cm³/mol. The van der Waals surface area contributed by atoms with Crippen LogP contribution in [0.1, 0.15) is 103 Å². The molecule has 1 saturated heterocycles. The van der Waals surface area contributed by atoms with Crippen molar-refractivity contribution in [3.63, 3.8) is 0 Å². The summed E-state index contributed by atoms with van der Waals surface area (Å²) in [6.07, 6.45) is 18.8. The van der Waals surface area contributed by atoms with Crippen LogP contribution in [0.4, 0.5) is 0 Å². The summed E-state index contributed by atoms with van der Waals surface area (Å²) in [5.41, 5.74) is 0. The molecular formula is C22H44N2O3. The highest BCUT2D eigenvalue weighted by atomic mass is 16.6. The van der Waals surface area contributed by atoms with Gasteiger partial charge in [-0.2, -0.15) is 0 Å². The van der Waals surface area contributed by atoms with Crippen LogP contribution in [0.15, 0.2) is 0 Å². The third kappa shape index (κ3) is 11.1.